The molecule has 0 saturated heterocycles. The van der Waals surface area contributed by atoms with Crippen LogP contribution < -0.4 is 0 Å². The van der Waals surface area contributed by atoms with E-state index in [1.165, 1.54) is 11.8 Å². The van der Waals surface area contributed by atoms with Gasteiger partial charge in [0.05, 0.1) is 11.9 Å². The van der Waals surface area contributed by atoms with Crippen LogP contribution in [0.5, 0.6) is 0 Å². The molecule has 1 N–H and O–H groups in total. The number of carbonyl (C=O) groups is 1. The number of nitrogens with zero attached hydrogens (tertiary/aromatic N) is 4. The third-order valence-electron chi connectivity index (χ3n) is 2.40. The summed E-state index contributed by atoms with van der Waals surface area (Å²) in [5, 5.41) is 13.5. The Labute approximate surface area is 109 Å². The second kappa shape index (κ2) is 5.72. The van der Waals surface area contributed by atoms with Crippen LogP contribution in [0.25, 0.3) is 0 Å². The molecule has 0 aliphatic carbocycles. The van der Waals surface area contributed by atoms with E-state index >= 15 is 0 Å². The van der Waals surface area contributed by atoms with Crippen LogP contribution in [0.2, 0.25) is 0 Å². The van der Waals surface area contributed by atoms with Crippen LogP contribution in [-0.4, -0.2) is 36.2 Å². The van der Waals surface area contributed by atoms with Crippen molar-refractivity contribution in [2.45, 2.75) is 18.1 Å². The van der Waals surface area contributed by atoms with Gasteiger partial charge in [-0.3, -0.25) is 9.48 Å². The van der Waals surface area contributed by atoms with Crippen LogP contribution in [0.4, 0.5) is 0 Å². The average Bonchev–Trinajstić information content (AvgIpc) is 2.92. The molecule has 2 rings (SSSR count). The number of hydrogen-bond acceptors (Lipinski definition) is 4. The van der Waals surface area contributed by atoms with E-state index in [1.807, 2.05) is 30.2 Å². The van der Waals surface area contributed by atoms with E-state index in [9.17, 15) is 4.79 Å². The summed E-state index contributed by atoms with van der Waals surface area (Å²) in [5.41, 5.74) is 1.15. The summed E-state index contributed by atoms with van der Waals surface area (Å²) in [7, 11) is 1.88. The molecule has 0 aliphatic rings. The first kappa shape index (κ1) is 12.7. The Bertz CT molecular complexity index is 535. The number of imidazole rings is 1. The maximum atomic E-state index is 10.5. The summed E-state index contributed by atoms with van der Waals surface area (Å²) in [5.74, 6) is -0.800. The van der Waals surface area contributed by atoms with E-state index in [4.69, 9.17) is 5.11 Å². The molecule has 0 aromatic carbocycles. The lowest BCUT2D eigenvalue weighted by Crippen LogP contribution is -2.04. The van der Waals surface area contributed by atoms with Crippen LogP contribution in [-0.2, 0) is 24.8 Å². The molecule has 0 aliphatic heterocycles. The van der Waals surface area contributed by atoms with Crippen LogP contribution in [0.1, 0.15) is 5.56 Å². The summed E-state index contributed by atoms with van der Waals surface area (Å²) in [6.07, 6.45) is 8.21. The molecule has 0 atom stereocenters. The average molecular weight is 266 g/mol. The van der Waals surface area contributed by atoms with E-state index in [1.54, 1.807) is 10.9 Å². The molecule has 18 heavy (non-hydrogen) atoms. The molecule has 0 spiro atoms. The van der Waals surface area contributed by atoms with Crippen molar-refractivity contribution in [2.24, 2.45) is 7.05 Å². The van der Waals surface area contributed by atoms with E-state index in [2.05, 4.69) is 10.1 Å². The minimum absolute atomic E-state index is 0.0317. The van der Waals surface area contributed by atoms with Crippen LogP contribution in [0, 0.1) is 0 Å². The Kier molecular flexibility index (Phi) is 4.03. The molecule has 0 fully saturated rings. The zero-order valence-corrected chi connectivity index (χ0v) is 10.8. The minimum Gasteiger partial charge on any atom is -0.481 e. The molecular formula is C11H14N4O2S. The van der Waals surface area contributed by atoms with Crippen LogP contribution in [0.3, 0.4) is 0 Å². The Hall–Kier alpha value is -1.76. The van der Waals surface area contributed by atoms with Gasteiger partial charge >= 0.3 is 5.97 Å². The van der Waals surface area contributed by atoms with Crippen molar-refractivity contribution in [3.63, 3.8) is 0 Å². The van der Waals surface area contributed by atoms with Gasteiger partial charge in [-0.25, -0.2) is 4.98 Å². The number of hydrogen-bond donors (Lipinski definition) is 1. The predicted molar refractivity (Wildman–Crippen MR) is 67.5 cm³/mol. The van der Waals surface area contributed by atoms with Gasteiger partial charge in [0.25, 0.3) is 0 Å². The lowest BCUT2D eigenvalue weighted by Gasteiger charge is -2.05. The number of aryl methyl sites for hydroxylation is 3. The van der Waals surface area contributed by atoms with E-state index in [-0.39, 0.29) is 5.75 Å². The molecule has 7 heteroatoms. The second-order valence-corrected chi connectivity index (χ2v) is 4.80. The predicted octanol–water partition coefficient (Wildman–Crippen LogP) is 1.04. The first-order chi connectivity index (χ1) is 8.65. The number of rotatable bonds is 6. The van der Waals surface area contributed by atoms with Crippen molar-refractivity contribution >= 4 is 17.7 Å². The van der Waals surface area contributed by atoms with Gasteiger partial charge in [-0.2, -0.15) is 5.10 Å². The molecule has 0 unspecified atom stereocenters. The van der Waals surface area contributed by atoms with Gasteiger partial charge in [0, 0.05) is 32.2 Å². The molecule has 2 aromatic heterocycles. The third kappa shape index (κ3) is 3.36. The molecular weight excluding hydrogens is 252 g/mol. The lowest BCUT2D eigenvalue weighted by molar-refractivity contribution is -0.133. The fourth-order valence-electron chi connectivity index (χ4n) is 1.58. The third-order valence-corrected chi connectivity index (χ3v) is 3.39. The maximum absolute atomic E-state index is 10.5. The zero-order chi connectivity index (χ0) is 13.0. The molecule has 0 radical (unpaired) electrons. The summed E-state index contributed by atoms with van der Waals surface area (Å²) in [6.45, 7) is 0.771. The fraction of sp³-hybridized carbons (Fsp3) is 0.364. The fourth-order valence-corrected chi connectivity index (χ4v) is 2.29. The maximum Gasteiger partial charge on any atom is 0.313 e. The minimum atomic E-state index is -0.832. The summed E-state index contributed by atoms with van der Waals surface area (Å²) in [4.78, 5) is 14.7. The summed E-state index contributed by atoms with van der Waals surface area (Å²) < 4.78 is 3.73. The van der Waals surface area contributed by atoms with Crippen molar-refractivity contribution in [3.05, 3.63) is 30.4 Å². The van der Waals surface area contributed by atoms with Gasteiger partial charge in [0.15, 0.2) is 5.16 Å². The highest BCUT2D eigenvalue weighted by Gasteiger charge is 2.06. The summed E-state index contributed by atoms with van der Waals surface area (Å²) >= 11 is 1.23. The van der Waals surface area contributed by atoms with Crippen molar-refractivity contribution in [1.29, 1.82) is 0 Å². The van der Waals surface area contributed by atoms with Gasteiger partial charge in [0.1, 0.15) is 0 Å². The normalized spacial score (nSPS) is 10.7. The quantitative estimate of drug-likeness (QED) is 0.791. The van der Waals surface area contributed by atoms with Crippen LogP contribution >= 0.6 is 11.8 Å². The Morgan fingerprint density at radius 1 is 1.56 bits per heavy atom. The largest absolute Gasteiger partial charge is 0.481 e. The molecule has 2 aromatic rings. The van der Waals surface area contributed by atoms with Crippen molar-refractivity contribution < 1.29 is 9.90 Å². The highest BCUT2D eigenvalue weighted by Crippen LogP contribution is 2.16. The van der Waals surface area contributed by atoms with Gasteiger partial charge in [-0.05, 0) is 12.0 Å². The first-order valence-corrected chi connectivity index (χ1v) is 6.47. The number of thioether (sulfide) groups is 1. The molecule has 96 valence electrons. The number of carboxylic acid groups (broad SMARTS) is 1. The Balaban J connectivity index is 1.93. The Morgan fingerprint density at radius 3 is 3.06 bits per heavy atom. The van der Waals surface area contributed by atoms with Crippen molar-refractivity contribution in [2.75, 3.05) is 5.75 Å². The highest BCUT2D eigenvalue weighted by atomic mass is 32.2. The zero-order valence-electron chi connectivity index (χ0n) is 9.98. The SMILES string of the molecule is Cn1cc(CCn2ccnc2SCC(=O)O)cn1. The lowest BCUT2D eigenvalue weighted by atomic mass is 10.2. The van der Waals surface area contributed by atoms with Gasteiger partial charge in [0.2, 0.25) is 0 Å². The first-order valence-electron chi connectivity index (χ1n) is 5.48. The number of aromatic nitrogens is 4. The monoisotopic (exact) mass is 266 g/mol. The number of carboxylic acids is 1. The van der Waals surface area contributed by atoms with Gasteiger partial charge < -0.3 is 9.67 Å². The molecule has 6 nitrogen and oxygen atoms in total. The molecule has 0 amide bonds. The second-order valence-electron chi connectivity index (χ2n) is 3.86. The molecule has 0 bridgehead atoms. The van der Waals surface area contributed by atoms with Crippen molar-refractivity contribution in [3.8, 4) is 0 Å². The van der Waals surface area contributed by atoms with E-state index in [0.717, 1.165) is 23.7 Å². The summed E-state index contributed by atoms with van der Waals surface area (Å²) in [6, 6.07) is 0. The molecule has 2 heterocycles. The smallest absolute Gasteiger partial charge is 0.313 e. The topological polar surface area (TPSA) is 72.9 Å². The standard InChI is InChI=1S/C11H14N4O2S/c1-14-7-9(6-13-14)2-4-15-5-3-12-11(15)18-8-10(16)17/h3,5-7H,2,4,8H2,1H3,(H,16,17). The van der Waals surface area contributed by atoms with Crippen LogP contribution in [0.15, 0.2) is 29.9 Å². The van der Waals surface area contributed by atoms with Gasteiger partial charge in [-0.15, -0.1) is 0 Å². The highest BCUT2D eigenvalue weighted by molar-refractivity contribution is 7.99. The van der Waals surface area contributed by atoms with Crippen molar-refractivity contribution in [1.82, 2.24) is 19.3 Å². The van der Waals surface area contributed by atoms with E-state index < -0.39 is 5.97 Å². The van der Waals surface area contributed by atoms with Gasteiger partial charge in [-0.1, -0.05) is 11.8 Å². The molecule has 0 saturated carbocycles. The Morgan fingerprint density at radius 2 is 2.39 bits per heavy atom. The number of aliphatic carboxylic acids is 1. The van der Waals surface area contributed by atoms with E-state index in [0.29, 0.717) is 0 Å².